The summed E-state index contributed by atoms with van der Waals surface area (Å²) < 4.78 is 0. The van der Waals surface area contributed by atoms with Crippen LogP contribution in [-0.4, -0.2) is 23.4 Å². The molecule has 0 unspecified atom stereocenters. The van der Waals surface area contributed by atoms with Crippen molar-refractivity contribution in [3.8, 4) is 0 Å². The number of rotatable bonds is 4. The molecule has 24 heavy (non-hydrogen) atoms. The van der Waals surface area contributed by atoms with Gasteiger partial charge < -0.3 is 10.2 Å². The third-order valence-corrected chi connectivity index (χ3v) is 4.52. The Kier molecular flexibility index (Phi) is 4.40. The number of hydrogen-bond acceptors (Lipinski definition) is 4. The third-order valence-electron chi connectivity index (χ3n) is 4.19. The number of carbonyl (C=O) groups excluding carboxylic acids is 1. The van der Waals surface area contributed by atoms with E-state index in [2.05, 4.69) is 11.4 Å². The molecule has 2 aromatic rings. The minimum Gasteiger partial charge on any atom is -0.359 e. The predicted octanol–water partition coefficient (Wildman–Crippen LogP) is 3.64. The van der Waals surface area contributed by atoms with Gasteiger partial charge in [-0.15, -0.1) is 0 Å². The Bertz CT molecular complexity index is 809. The van der Waals surface area contributed by atoms with Crippen LogP contribution in [0.2, 0.25) is 5.02 Å². The molecule has 0 aliphatic carbocycles. The van der Waals surface area contributed by atoms with E-state index in [4.69, 9.17) is 11.6 Å². The van der Waals surface area contributed by atoms with E-state index >= 15 is 0 Å². The van der Waals surface area contributed by atoms with Gasteiger partial charge >= 0.3 is 0 Å². The Hall–Kier alpha value is -2.60. The van der Waals surface area contributed by atoms with Crippen molar-refractivity contribution in [1.29, 1.82) is 0 Å². The smallest absolute Gasteiger partial charge is 0.271 e. The van der Waals surface area contributed by atoms with Crippen molar-refractivity contribution < 1.29 is 9.72 Å². The van der Waals surface area contributed by atoms with E-state index in [1.54, 1.807) is 0 Å². The summed E-state index contributed by atoms with van der Waals surface area (Å²) in [6.45, 7) is 2.57. The predicted molar refractivity (Wildman–Crippen MR) is 93.7 cm³/mol. The van der Waals surface area contributed by atoms with E-state index in [1.165, 1.54) is 23.8 Å². The maximum absolute atomic E-state index is 12.6. The van der Waals surface area contributed by atoms with Crippen LogP contribution in [0, 0.1) is 10.1 Å². The Morgan fingerprint density at radius 2 is 2.08 bits per heavy atom. The molecule has 0 fully saturated rings. The number of amides is 1. The van der Waals surface area contributed by atoms with Crippen molar-refractivity contribution >= 4 is 34.6 Å². The van der Waals surface area contributed by atoms with Crippen LogP contribution in [0.1, 0.15) is 12.5 Å². The van der Waals surface area contributed by atoms with E-state index in [0.717, 1.165) is 18.7 Å². The maximum atomic E-state index is 12.6. The second kappa shape index (κ2) is 6.49. The van der Waals surface area contributed by atoms with Crippen molar-refractivity contribution in [2.75, 3.05) is 16.8 Å². The number of nitro benzene ring substituents is 1. The van der Waals surface area contributed by atoms with Crippen molar-refractivity contribution in [2.24, 2.45) is 0 Å². The Labute approximate surface area is 144 Å². The van der Waals surface area contributed by atoms with Crippen molar-refractivity contribution in [3.63, 3.8) is 0 Å². The molecule has 1 heterocycles. The quantitative estimate of drug-likeness (QED) is 0.678. The molecule has 124 valence electrons. The summed E-state index contributed by atoms with van der Waals surface area (Å²) in [6, 6.07) is 11.5. The molecule has 0 bridgehead atoms. The summed E-state index contributed by atoms with van der Waals surface area (Å²) in [4.78, 5) is 24.9. The molecule has 1 atom stereocenters. The number of fused-ring (bicyclic) bond motifs is 1. The highest BCUT2D eigenvalue weighted by atomic mass is 35.5. The first-order valence-corrected chi connectivity index (χ1v) is 7.94. The average molecular weight is 346 g/mol. The molecular formula is C17H16ClN3O3. The molecule has 3 rings (SSSR count). The molecule has 0 spiro atoms. The summed E-state index contributed by atoms with van der Waals surface area (Å²) in [7, 11) is 0. The number of nitrogens with one attached hydrogen (secondary N) is 1. The van der Waals surface area contributed by atoms with Crippen LogP contribution in [0.25, 0.3) is 0 Å². The van der Waals surface area contributed by atoms with Crippen molar-refractivity contribution in [3.05, 3.63) is 63.2 Å². The molecule has 7 heteroatoms. The fraction of sp³-hybridized carbons (Fsp3) is 0.235. The van der Waals surface area contributed by atoms with Gasteiger partial charge in [-0.3, -0.25) is 14.9 Å². The van der Waals surface area contributed by atoms with Gasteiger partial charge in [0.05, 0.1) is 15.6 Å². The minimum absolute atomic E-state index is 0.117. The highest BCUT2D eigenvalue weighted by molar-refractivity contribution is 6.33. The molecule has 1 N–H and O–H groups in total. The van der Waals surface area contributed by atoms with Crippen LogP contribution in [0.3, 0.4) is 0 Å². The molecule has 1 amide bonds. The van der Waals surface area contributed by atoms with Gasteiger partial charge in [0.25, 0.3) is 5.69 Å². The van der Waals surface area contributed by atoms with Crippen LogP contribution in [0.4, 0.5) is 17.1 Å². The second-order valence-electron chi connectivity index (χ2n) is 5.66. The zero-order chi connectivity index (χ0) is 17.3. The van der Waals surface area contributed by atoms with Gasteiger partial charge in [-0.05, 0) is 31.0 Å². The first-order chi connectivity index (χ1) is 11.5. The van der Waals surface area contributed by atoms with Crippen LogP contribution < -0.4 is 10.2 Å². The van der Waals surface area contributed by atoms with E-state index in [1.807, 2.05) is 30.0 Å². The summed E-state index contributed by atoms with van der Waals surface area (Å²) in [5, 5.41) is 13.8. The van der Waals surface area contributed by atoms with Gasteiger partial charge in [0.15, 0.2) is 0 Å². The highest BCUT2D eigenvalue weighted by Gasteiger charge is 2.28. The molecule has 0 aromatic heterocycles. The number of nitro groups is 1. The molecule has 0 saturated heterocycles. The SMILES string of the molecule is C[C@@H](C(=O)Nc1cc([N+](=O)[O-])ccc1Cl)N1CCc2ccccc21. The lowest BCUT2D eigenvalue weighted by Gasteiger charge is -2.26. The number of non-ortho nitro benzene ring substituents is 1. The molecule has 0 saturated carbocycles. The van der Waals surface area contributed by atoms with Crippen LogP contribution in [-0.2, 0) is 11.2 Å². The van der Waals surface area contributed by atoms with Crippen molar-refractivity contribution in [2.45, 2.75) is 19.4 Å². The molecular weight excluding hydrogens is 330 g/mol. The highest BCUT2D eigenvalue weighted by Crippen LogP contribution is 2.31. The van der Waals surface area contributed by atoms with E-state index < -0.39 is 11.0 Å². The monoisotopic (exact) mass is 345 g/mol. The summed E-state index contributed by atoms with van der Waals surface area (Å²) >= 11 is 6.04. The van der Waals surface area contributed by atoms with E-state index in [0.29, 0.717) is 0 Å². The molecule has 1 aliphatic heterocycles. The van der Waals surface area contributed by atoms with E-state index in [9.17, 15) is 14.9 Å². The molecule has 0 radical (unpaired) electrons. The first-order valence-electron chi connectivity index (χ1n) is 7.56. The number of anilines is 2. The normalized spacial score (nSPS) is 14.2. The van der Waals surface area contributed by atoms with Crippen LogP contribution in [0.5, 0.6) is 0 Å². The van der Waals surface area contributed by atoms with Gasteiger partial charge in [0.1, 0.15) is 6.04 Å². The maximum Gasteiger partial charge on any atom is 0.271 e. The second-order valence-corrected chi connectivity index (χ2v) is 6.07. The Morgan fingerprint density at radius 3 is 2.83 bits per heavy atom. The minimum atomic E-state index is -0.522. The number of benzene rings is 2. The number of nitrogens with zero attached hydrogens (tertiary/aromatic N) is 2. The summed E-state index contributed by atoms with van der Waals surface area (Å²) in [5.74, 6) is -0.255. The molecule has 6 nitrogen and oxygen atoms in total. The van der Waals surface area contributed by atoms with Gasteiger partial charge in [-0.25, -0.2) is 0 Å². The average Bonchev–Trinajstić information content (AvgIpc) is 2.99. The fourth-order valence-electron chi connectivity index (χ4n) is 2.87. The van der Waals surface area contributed by atoms with Crippen molar-refractivity contribution in [1.82, 2.24) is 0 Å². The fourth-order valence-corrected chi connectivity index (χ4v) is 3.03. The summed E-state index contributed by atoms with van der Waals surface area (Å²) in [6.07, 6.45) is 0.894. The molecule has 2 aromatic carbocycles. The number of halogens is 1. The number of hydrogen-bond donors (Lipinski definition) is 1. The zero-order valence-electron chi connectivity index (χ0n) is 13.0. The van der Waals surface area contributed by atoms with Gasteiger partial charge in [0.2, 0.25) is 5.91 Å². The Morgan fingerprint density at radius 1 is 1.33 bits per heavy atom. The van der Waals surface area contributed by atoms with Gasteiger partial charge in [-0.2, -0.15) is 0 Å². The lowest BCUT2D eigenvalue weighted by molar-refractivity contribution is -0.384. The van der Waals surface area contributed by atoms with Gasteiger partial charge in [0, 0.05) is 24.4 Å². The van der Waals surface area contributed by atoms with Crippen LogP contribution >= 0.6 is 11.6 Å². The largest absolute Gasteiger partial charge is 0.359 e. The lowest BCUT2D eigenvalue weighted by Crippen LogP contribution is -2.41. The van der Waals surface area contributed by atoms with Crippen LogP contribution in [0.15, 0.2) is 42.5 Å². The standard InChI is InChI=1S/C17H16ClN3O3/c1-11(20-9-8-12-4-2-3-5-16(12)20)17(22)19-15-10-13(21(23)24)6-7-14(15)18/h2-7,10-11H,8-9H2,1H3,(H,19,22)/t11-/m0/s1. The number of para-hydroxylation sites is 1. The Balaban J connectivity index is 1.78. The third kappa shape index (κ3) is 3.05. The lowest BCUT2D eigenvalue weighted by atomic mass is 10.1. The zero-order valence-corrected chi connectivity index (χ0v) is 13.8. The van der Waals surface area contributed by atoms with Gasteiger partial charge in [-0.1, -0.05) is 29.8 Å². The summed E-state index contributed by atoms with van der Waals surface area (Å²) in [5.41, 5.74) is 2.39. The molecule has 1 aliphatic rings. The number of carbonyl (C=O) groups is 1. The first kappa shape index (κ1) is 16.3. The van der Waals surface area contributed by atoms with E-state index in [-0.39, 0.29) is 22.3 Å². The topological polar surface area (TPSA) is 75.5 Å².